The van der Waals surface area contributed by atoms with Gasteiger partial charge in [0.05, 0.1) is 5.60 Å². The van der Waals surface area contributed by atoms with Gasteiger partial charge in [-0.05, 0) is 87.0 Å². The molecular weight excluding hydrogens is 434 g/mol. The van der Waals surface area contributed by atoms with Crippen LogP contribution in [-0.2, 0) is 23.9 Å². The molecule has 0 aliphatic carbocycles. The average molecular weight is 486 g/mol. The molecule has 0 saturated carbocycles. The molecule has 0 aliphatic heterocycles. The Morgan fingerprint density at radius 1 is 0.706 bits per heavy atom. The van der Waals surface area contributed by atoms with Gasteiger partial charge in [-0.25, -0.2) is 0 Å². The van der Waals surface area contributed by atoms with Crippen LogP contribution in [0.1, 0.15) is 94.9 Å². The van der Waals surface area contributed by atoms with E-state index in [1.54, 1.807) is 6.92 Å². The number of rotatable bonds is 15. The van der Waals surface area contributed by atoms with Crippen molar-refractivity contribution in [3.05, 3.63) is 0 Å². The molecule has 5 atom stereocenters. The van der Waals surface area contributed by atoms with E-state index in [-0.39, 0.29) is 47.7 Å². The first-order valence-electron chi connectivity index (χ1n) is 12.7. The fourth-order valence-electron chi connectivity index (χ4n) is 3.77. The van der Waals surface area contributed by atoms with Crippen molar-refractivity contribution in [1.82, 2.24) is 16.0 Å². The topological polar surface area (TPSA) is 106 Å². The Morgan fingerprint density at radius 3 is 1.65 bits per heavy atom. The molecule has 0 aromatic heterocycles. The van der Waals surface area contributed by atoms with Crippen LogP contribution in [0.2, 0.25) is 0 Å². The zero-order valence-electron chi connectivity index (χ0n) is 23.4. The van der Waals surface area contributed by atoms with Gasteiger partial charge in [-0.2, -0.15) is 0 Å². The summed E-state index contributed by atoms with van der Waals surface area (Å²) in [4.78, 5) is 37.5. The molecule has 0 fully saturated rings. The molecule has 0 bridgehead atoms. The van der Waals surface area contributed by atoms with Gasteiger partial charge in [0, 0.05) is 31.2 Å². The molecule has 0 aromatic rings. The van der Waals surface area contributed by atoms with Gasteiger partial charge in [0.1, 0.15) is 12.2 Å². The second-order valence-corrected chi connectivity index (χ2v) is 11.1. The summed E-state index contributed by atoms with van der Waals surface area (Å²) in [5.74, 6) is -0.145. The molecule has 8 nitrogen and oxygen atoms in total. The molecule has 8 heteroatoms. The summed E-state index contributed by atoms with van der Waals surface area (Å²) in [7, 11) is 1.52. The van der Waals surface area contributed by atoms with Gasteiger partial charge in [-0.1, -0.05) is 13.8 Å². The van der Waals surface area contributed by atoms with Gasteiger partial charge in [-0.3, -0.25) is 14.4 Å². The average Bonchev–Trinajstić information content (AvgIpc) is 2.66. The molecule has 0 aliphatic rings. The molecule has 3 amide bonds. The van der Waals surface area contributed by atoms with Crippen LogP contribution in [0, 0.1) is 11.8 Å². The summed E-state index contributed by atoms with van der Waals surface area (Å²) in [5.41, 5.74) is -0.399. The molecule has 34 heavy (non-hydrogen) atoms. The van der Waals surface area contributed by atoms with Gasteiger partial charge in [0.15, 0.2) is 0 Å². The molecule has 0 radical (unpaired) electrons. The van der Waals surface area contributed by atoms with Crippen molar-refractivity contribution in [2.24, 2.45) is 11.8 Å². The molecule has 0 heterocycles. The number of ether oxygens (including phenoxy) is 2. The van der Waals surface area contributed by atoms with E-state index >= 15 is 0 Å². The third-order valence-corrected chi connectivity index (χ3v) is 5.60. The minimum absolute atomic E-state index is 0.0662. The number of amides is 3. The SMILES string of the molecule is COC(CCC(C)NC(=O)C(C)OC(C)(C)C)C(=O)NC(C)CCC(C(=O)NC(C)C)C(C)C. The Morgan fingerprint density at radius 2 is 1.21 bits per heavy atom. The second kappa shape index (κ2) is 15.4. The van der Waals surface area contributed by atoms with Crippen molar-refractivity contribution in [3.8, 4) is 0 Å². The molecule has 0 saturated heterocycles. The van der Waals surface area contributed by atoms with Crippen molar-refractivity contribution in [2.75, 3.05) is 7.11 Å². The van der Waals surface area contributed by atoms with Crippen molar-refractivity contribution in [1.29, 1.82) is 0 Å². The van der Waals surface area contributed by atoms with Crippen LogP contribution in [0.4, 0.5) is 0 Å². The van der Waals surface area contributed by atoms with E-state index in [9.17, 15) is 14.4 Å². The summed E-state index contributed by atoms with van der Waals surface area (Å²) >= 11 is 0. The predicted octanol–water partition coefficient (Wildman–Crippen LogP) is 3.57. The smallest absolute Gasteiger partial charge is 0.249 e. The fourth-order valence-corrected chi connectivity index (χ4v) is 3.77. The van der Waals surface area contributed by atoms with E-state index in [2.05, 4.69) is 16.0 Å². The van der Waals surface area contributed by atoms with Crippen LogP contribution in [-0.4, -0.2) is 60.8 Å². The summed E-state index contributed by atoms with van der Waals surface area (Å²) in [6.07, 6.45) is 1.33. The Labute approximate surface area is 207 Å². The maximum Gasteiger partial charge on any atom is 0.249 e. The Bertz CT molecular complexity index is 630. The fraction of sp³-hybridized carbons (Fsp3) is 0.885. The van der Waals surface area contributed by atoms with Crippen LogP contribution in [0.15, 0.2) is 0 Å². The molecule has 5 unspecified atom stereocenters. The first kappa shape index (κ1) is 32.3. The highest BCUT2D eigenvalue weighted by atomic mass is 16.5. The molecule has 200 valence electrons. The highest BCUT2D eigenvalue weighted by Gasteiger charge is 2.26. The summed E-state index contributed by atoms with van der Waals surface area (Å²) in [6.45, 7) is 19.3. The van der Waals surface area contributed by atoms with Gasteiger partial charge >= 0.3 is 0 Å². The summed E-state index contributed by atoms with van der Waals surface area (Å²) in [6, 6.07) is -0.0897. The monoisotopic (exact) mass is 485 g/mol. The minimum atomic E-state index is -0.602. The van der Waals surface area contributed by atoms with Gasteiger partial charge in [-0.15, -0.1) is 0 Å². The van der Waals surface area contributed by atoms with E-state index in [0.29, 0.717) is 25.7 Å². The van der Waals surface area contributed by atoms with Crippen LogP contribution in [0.3, 0.4) is 0 Å². The van der Waals surface area contributed by atoms with Crippen LogP contribution in [0.25, 0.3) is 0 Å². The molecule has 0 rings (SSSR count). The number of methoxy groups -OCH3 is 1. The lowest BCUT2D eigenvalue weighted by molar-refractivity contribution is -0.141. The van der Waals surface area contributed by atoms with E-state index in [1.807, 2.05) is 62.3 Å². The van der Waals surface area contributed by atoms with Crippen LogP contribution < -0.4 is 16.0 Å². The zero-order chi connectivity index (χ0) is 26.6. The predicted molar refractivity (Wildman–Crippen MR) is 136 cm³/mol. The molecule has 3 N–H and O–H groups in total. The lowest BCUT2D eigenvalue weighted by atomic mass is 9.88. The standard InChI is InChI=1S/C26H51N3O5/c1-16(2)21(24(31)27-17(3)4)14-12-18(5)29-25(32)22(33-11)15-13-19(6)28-23(30)20(7)34-26(8,9)10/h16-22H,12-15H2,1-11H3,(H,27,31)(H,28,30)(H,29,32). The second-order valence-electron chi connectivity index (χ2n) is 11.1. The Balaban J connectivity index is 4.62. The number of hydrogen-bond acceptors (Lipinski definition) is 5. The normalized spacial score (nSPS) is 16.5. The van der Waals surface area contributed by atoms with E-state index in [1.165, 1.54) is 7.11 Å². The van der Waals surface area contributed by atoms with E-state index in [0.717, 1.165) is 0 Å². The van der Waals surface area contributed by atoms with Crippen molar-refractivity contribution in [2.45, 2.75) is 131 Å². The lowest BCUT2D eigenvalue weighted by Crippen LogP contribution is -2.44. The highest BCUT2D eigenvalue weighted by molar-refractivity contribution is 5.81. The van der Waals surface area contributed by atoms with Gasteiger partial charge < -0.3 is 25.4 Å². The summed E-state index contributed by atoms with van der Waals surface area (Å²) in [5, 5.41) is 8.94. The molecule has 0 aromatic carbocycles. The van der Waals surface area contributed by atoms with Crippen molar-refractivity contribution in [3.63, 3.8) is 0 Å². The maximum atomic E-state index is 12.7. The number of carbonyl (C=O) groups is 3. The first-order chi connectivity index (χ1) is 15.6. The largest absolute Gasteiger partial charge is 0.372 e. The highest BCUT2D eigenvalue weighted by Crippen LogP contribution is 2.19. The van der Waals surface area contributed by atoms with E-state index in [4.69, 9.17) is 9.47 Å². The maximum absolute atomic E-state index is 12.7. The third kappa shape index (κ3) is 13.9. The third-order valence-electron chi connectivity index (χ3n) is 5.60. The van der Waals surface area contributed by atoms with Gasteiger partial charge in [0.2, 0.25) is 17.7 Å². The number of hydrogen-bond donors (Lipinski definition) is 3. The Hall–Kier alpha value is -1.67. The number of carbonyl (C=O) groups excluding carboxylic acids is 3. The molecular formula is C26H51N3O5. The van der Waals surface area contributed by atoms with Crippen molar-refractivity contribution >= 4 is 17.7 Å². The zero-order valence-corrected chi connectivity index (χ0v) is 23.4. The quantitative estimate of drug-likeness (QED) is 0.329. The van der Waals surface area contributed by atoms with Crippen LogP contribution >= 0.6 is 0 Å². The van der Waals surface area contributed by atoms with Crippen LogP contribution in [0.5, 0.6) is 0 Å². The minimum Gasteiger partial charge on any atom is -0.372 e. The lowest BCUT2D eigenvalue weighted by Gasteiger charge is -2.26. The van der Waals surface area contributed by atoms with E-state index < -0.39 is 17.8 Å². The Kier molecular flexibility index (Phi) is 14.6. The first-order valence-corrected chi connectivity index (χ1v) is 12.7. The van der Waals surface area contributed by atoms with Crippen molar-refractivity contribution < 1.29 is 23.9 Å². The molecule has 0 spiro atoms. The number of nitrogens with one attached hydrogen (secondary N) is 3. The summed E-state index contributed by atoms with van der Waals surface area (Å²) < 4.78 is 11.1. The van der Waals surface area contributed by atoms with Gasteiger partial charge in [0.25, 0.3) is 0 Å².